The molecule has 0 aliphatic rings. The number of rotatable bonds is 9. The van der Waals surface area contributed by atoms with E-state index in [2.05, 4.69) is 0 Å². The van der Waals surface area contributed by atoms with Crippen LogP contribution in [0.4, 0.5) is 0 Å². The molecule has 3 heteroatoms. The van der Waals surface area contributed by atoms with Crippen LogP contribution in [0, 0.1) is 0 Å². The van der Waals surface area contributed by atoms with E-state index in [0.29, 0.717) is 32.1 Å². The van der Waals surface area contributed by atoms with Gasteiger partial charge in [-0.2, -0.15) is 0 Å². The Kier molecular flexibility index (Phi) is 7.78. The summed E-state index contributed by atoms with van der Waals surface area (Å²) in [5.41, 5.74) is 0. The smallest absolute Gasteiger partial charge is 0.133 e. The van der Waals surface area contributed by atoms with Gasteiger partial charge >= 0.3 is 0 Å². The molecule has 0 amide bonds. The molecule has 0 atom stereocenters. The molecule has 0 spiro atoms. The van der Waals surface area contributed by atoms with Crippen LogP contribution in [0.15, 0.2) is 0 Å². The highest BCUT2D eigenvalue weighted by Crippen LogP contribution is 2.05. The van der Waals surface area contributed by atoms with Crippen molar-refractivity contribution in [3.05, 3.63) is 0 Å². The quantitative estimate of drug-likeness (QED) is 0.552. The van der Waals surface area contributed by atoms with Gasteiger partial charge < -0.3 is 4.79 Å². The maximum atomic E-state index is 11.3. The Bertz CT molecular complexity index is 231. The van der Waals surface area contributed by atoms with E-state index < -0.39 is 0 Å². The molecule has 0 rings (SSSR count). The molecule has 0 aliphatic heterocycles. The highest BCUT2D eigenvalue weighted by atomic mass is 16.1. The van der Waals surface area contributed by atoms with E-state index >= 15 is 0 Å². The molecule has 3 nitrogen and oxygen atoms in total. The van der Waals surface area contributed by atoms with Crippen LogP contribution >= 0.6 is 0 Å². The van der Waals surface area contributed by atoms with Crippen LogP contribution in [-0.2, 0) is 14.4 Å². The van der Waals surface area contributed by atoms with Gasteiger partial charge in [0.2, 0.25) is 0 Å². The second-order valence-electron chi connectivity index (χ2n) is 3.84. The third-order valence-electron chi connectivity index (χ3n) is 2.31. The lowest BCUT2D eigenvalue weighted by Gasteiger charge is -1.99. The second-order valence-corrected chi connectivity index (χ2v) is 3.84. The van der Waals surface area contributed by atoms with E-state index in [-0.39, 0.29) is 17.3 Å². The van der Waals surface area contributed by atoms with Crippen molar-refractivity contribution in [3.8, 4) is 0 Å². The van der Waals surface area contributed by atoms with E-state index in [0.717, 1.165) is 12.8 Å². The molecule has 0 saturated heterocycles. The van der Waals surface area contributed by atoms with Gasteiger partial charge in [-0.05, 0) is 19.8 Å². The molecular formula is C12H20O3. The van der Waals surface area contributed by atoms with Gasteiger partial charge in [0.1, 0.15) is 17.3 Å². The van der Waals surface area contributed by atoms with E-state index in [1.165, 1.54) is 0 Å². The Morgan fingerprint density at radius 2 is 1.33 bits per heavy atom. The number of unbranched alkanes of at least 4 members (excludes halogenated alkanes) is 1. The summed E-state index contributed by atoms with van der Waals surface area (Å²) in [6, 6.07) is 0. The lowest BCUT2D eigenvalue weighted by molar-refractivity contribution is -0.124. The average molecular weight is 212 g/mol. The third kappa shape index (κ3) is 9.32. The molecular weight excluding hydrogens is 192 g/mol. The molecule has 0 radical (unpaired) electrons. The summed E-state index contributed by atoms with van der Waals surface area (Å²) >= 11 is 0. The lowest BCUT2D eigenvalue weighted by atomic mass is 10.0. The summed E-state index contributed by atoms with van der Waals surface area (Å²) < 4.78 is 0. The largest absolute Gasteiger partial charge is 0.300 e. The van der Waals surface area contributed by atoms with Crippen molar-refractivity contribution in [2.75, 3.05) is 0 Å². The van der Waals surface area contributed by atoms with Gasteiger partial charge in [0.05, 0.1) is 0 Å². The number of carbonyl (C=O) groups is 3. The summed E-state index contributed by atoms with van der Waals surface area (Å²) in [6.45, 7) is 3.36. The van der Waals surface area contributed by atoms with Gasteiger partial charge in [-0.1, -0.05) is 6.92 Å². The van der Waals surface area contributed by atoms with E-state index in [1.807, 2.05) is 0 Å². The highest BCUT2D eigenvalue weighted by molar-refractivity contribution is 5.85. The molecule has 0 aromatic rings. The minimum absolute atomic E-state index is 0.139. The summed E-state index contributed by atoms with van der Waals surface area (Å²) in [5.74, 6) is 0.455. The maximum Gasteiger partial charge on any atom is 0.133 e. The van der Waals surface area contributed by atoms with Crippen LogP contribution in [0.25, 0.3) is 0 Å². The van der Waals surface area contributed by atoms with Crippen molar-refractivity contribution >= 4 is 17.3 Å². The number of hydrogen-bond donors (Lipinski definition) is 0. The van der Waals surface area contributed by atoms with E-state index in [9.17, 15) is 14.4 Å². The number of Topliss-reactive ketones (excluding diaryl/α,β-unsaturated/α-hetero) is 3. The van der Waals surface area contributed by atoms with Gasteiger partial charge in [-0.15, -0.1) is 0 Å². The van der Waals surface area contributed by atoms with Crippen LogP contribution in [0.2, 0.25) is 0 Å². The lowest BCUT2D eigenvalue weighted by Crippen LogP contribution is -2.03. The van der Waals surface area contributed by atoms with Gasteiger partial charge in [0.25, 0.3) is 0 Å². The van der Waals surface area contributed by atoms with Crippen LogP contribution in [0.1, 0.15) is 58.8 Å². The van der Waals surface area contributed by atoms with Crippen LogP contribution in [0.3, 0.4) is 0 Å². The van der Waals surface area contributed by atoms with Crippen molar-refractivity contribution in [3.63, 3.8) is 0 Å². The first-order valence-electron chi connectivity index (χ1n) is 5.59. The van der Waals surface area contributed by atoms with Gasteiger partial charge in [0.15, 0.2) is 0 Å². The molecule has 0 bridgehead atoms. The first kappa shape index (κ1) is 14.0. The van der Waals surface area contributed by atoms with Crippen molar-refractivity contribution in [2.45, 2.75) is 58.8 Å². The van der Waals surface area contributed by atoms with Crippen LogP contribution in [0.5, 0.6) is 0 Å². The molecule has 0 aromatic heterocycles. The minimum atomic E-state index is 0.139. The zero-order valence-corrected chi connectivity index (χ0v) is 9.67. The highest BCUT2D eigenvalue weighted by Gasteiger charge is 2.05. The predicted molar refractivity (Wildman–Crippen MR) is 58.7 cm³/mol. The van der Waals surface area contributed by atoms with Gasteiger partial charge in [-0.3, -0.25) is 9.59 Å². The Balaban J connectivity index is 3.41. The standard InChI is InChI=1S/C12H20O3/c1-3-11(14)8-9-12(15)7-5-4-6-10(2)13/h3-9H2,1-2H3. The Labute approximate surface area is 91.2 Å². The fraction of sp³-hybridized carbons (Fsp3) is 0.750. The molecule has 0 unspecified atom stereocenters. The summed E-state index contributed by atoms with van der Waals surface area (Å²) in [7, 11) is 0. The first-order chi connectivity index (χ1) is 7.06. The SMILES string of the molecule is CCC(=O)CCC(=O)CCCCC(C)=O. The van der Waals surface area contributed by atoms with Crippen molar-refractivity contribution in [1.82, 2.24) is 0 Å². The minimum Gasteiger partial charge on any atom is -0.300 e. The molecule has 15 heavy (non-hydrogen) atoms. The maximum absolute atomic E-state index is 11.3. The molecule has 0 heterocycles. The molecule has 0 N–H and O–H groups in total. The number of hydrogen-bond acceptors (Lipinski definition) is 3. The van der Waals surface area contributed by atoms with Crippen molar-refractivity contribution in [2.24, 2.45) is 0 Å². The normalized spacial score (nSPS) is 10.0. The Morgan fingerprint density at radius 3 is 1.87 bits per heavy atom. The second kappa shape index (κ2) is 8.33. The first-order valence-corrected chi connectivity index (χ1v) is 5.59. The fourth-order valence-electron chi connectivity index (χ4n) is 1.28. The summed E-state index contributed by atoms with van der Waals surface area (Å²) in [4.78, 5) is 32.8. The predicted octanol–water partition coefficient (Wildman–Crippen LogP) is 2.46. The average Bonchev–Trinajstić information content (AvgIpc) is 2.20. The molecule has 0 fully saturated rings. The number of ketones is 3. The Morgan fingerprint density at radius 1 is 0.800 bits per heavy atom. The zero-order valence-electron chi connectivity index (χ0n) is 9.67. The van der Waals surface area contributed by atoms with E-state index in [1.54, 1.807) is 13.8 Å². The van der Waals surface area contributed by atoms with Crippen LogP contribution in [-0.4, -0.2) is 17.3 Å². The molecule has 0 aromatic carbocycles. The van der Waals surface area contributed by atoms with E-state index in [4.69, 9.17) is 0 Å². The van der Waals surface area contributed by atoms with Crippen molar-refractivity contribution < 1.29 is 14.4 Å². The Hall–Kier alpha value is -0.990. The van der Waals surface area contributed by atoms with Crippen LogP contribution < -0.4 is 0 Å². The topological polar surface area (TPSA) is 51.2 Å². The fourth-order valence-corrected chi connectivity index (χ4v) is 1.28. The third-order valence-corrected chi connectivity index (χ3v) is 2.31. The molecule has 0 saturated carbocycles. The van der Waals surface area contributed by atoms with Gasteiger partial charge in [-0.25, -0.2) is 0 Å². The summed E-state index contributed by atoms with van der Waals surface area (Å²) in [5, 5.41) is 0. The number of carbonyl (C=O) groups excluding carboxylic acids is 3. The van der Waals surface area contributed by atoms with Crippen molar-refractivity contribution in [1.29, 1.82) is 0 Å². The van der Waals surface area contributed by atoms with Gasteiger partial charge in [0, 0.05) is 32.1 Å². The molecule has 0 aliphatic carbocycles. The monoisotopic (exact) mass is 212 g/mol. The summed E-state index contributed by atoms with van der Waals surface area (Å²) in [6.07, 6.45) is 3.86. The zero-order chi connectivity index (χ0) is 11.7. The molecule has 86 valence electrons.